The highest BCUT2D eigenvalue weighted by atomic mass is 32.2. The van der Waals surface area contributed by atoms with Gasteiger partial charge in [0.15, 0.2) is 0 Å². The molecule has 0 unspecified atom stereocenters. The monoisotopic (exact) mass is 336 g/mol. The zero-order valence-electron chi connectivity index (χ0n) is 12.6. The number of rotatable bonds is 2. The Labute approximate surface area is 136 Å². The molecule has 2 heterocycles. The molecule has 1 aliphatic heterocycles. The van der Waals surface area contributed by atoms with Gasteiger partial charge >= 0.3 is 0 Å². The first-order valence-corrected chi connectivity index (χ1v) is 8.00. The fraction of sp³-hybridized carbons (Fsp3) is 0.250. The van der Waals surface area contributed by atoms with E-state index in [1.165, 1.54) is 16.7 Å². The largest absolute Gasteiger partial charge is 0.361 e. The molecule has 1 aromatic carbocycles. The van der Waals surface area contributed by atoms with Crippen molar-refractivity contribution in [2.45, 2.75) is 13.8 Å². The van der Waals surface area contributed by atoms with Crippen LogP contribution in [0.4, 0.5) is 8.78 Å². The van der Waals surface area contributed by atoms with Crippen molar-refractivity contribution in [1.29, 1.82) is 0 Å². The number of aromatic nitrogens is 1. The number of hydrogen-bond donors (Lipinski definition) is 0. The molecule has 1 aliphatic rings. The van der Waals surface area contributed by atoms with Crippen molar-refractivity contribution in [2.75, 3.05) is 12.3 Å². The second kappa shape index (κ2) is 6.16. The lowest BCUT2D eigenvalue weighted by Gasteiger charge is -2.17. The molecule has 1 amide bonds. The van der Waals surface area contributed by atoms with Gasteiger partial charge in [0.25, 0.3) is 5.91 Å². The summed E-state index contributed by atoms with van der Waals surface area (Å²) >= 11 is 1.48. The highest BCUT2D eigenvalue weighted by molar-refractivity contribution is 8.03. The van der Waals surface area contributed by atoms with Crippen LogP contribution < -0.4 is 0 Å². The van der Waals surface area contributed by atoms with Crippen LogP contribution in [0.25, 0.3) is 6.08 Å². The number of halogens is 2. The molecule has 23 heavy (non-hydrogen) atoms. The lowest BCUT2D eigenvalue weighted by Crippen LogP contribution is -2.27. The Balaban J connectivity index is 1.96. The molecule has 1 fully saturated rings. The molecular weight excluding hydrogens is 322 g/mol. The maximum Gasteiger partial charge on any atom is 0.261 e. The van der Waals surface area contributed by atoms with Crippen molar-refractivity contribution in [3.63, 3.8) is 0 Å². The van der Waals surface area contributed by atoms with E-state index >= 15 is 0 Å². The first-order chi connectivity index (χ1) is 11.0. The van der Waals surface area contributed by atoms with E-state index in [1.54, 1.807) is 19.9 Å². The lowest BCUT2D eigenvalue weighted by atomic mass is 10.1. The van der Waals surface area contributed by atoms with Gasteiger partial charge in [0.2, 0.25) is 0 Å². The van der Waals surface area contributed by atoms with Crippen molar-refractivity contribution in [3.05, 3.63) is 57.4 Å². The van der Waals surface area contributed by atoms with Gasteiger partial charge in [-0.3, -0.25) is 4.79 Å². The van der Waals surface area contributed by atoms with E-state index in [9.17, 15) is 13.6 Å². The van der Waals surface area contributed by atoms with Gasteiger partial charge in [-0.25, -0.2) is 8.78 Å². The number of thioether (sulfide) groups is 1. The maximum absolute atomic E-state index is 13.8. The van der Waals surface area contributed by atoms with Crippen LogP contribution in [0.2, 0.25) is 0 Å². The average Bonchev–Trinajstić information content (AvgIpc) is 3.11. The summed E-state index contributed by atoms with van der Waals surface area (Å²) in [6, 6.07) is 2.88. The third-order valence-corrected chi connectivity index (χ3v) is 4.61. The number of hydrogen-bond acceptors (Lipinski definition) is 4. The summed E-state index contributed by atoms with van der Waals surface area (Å²) in [6.07, 6.45) is 1.80. The molecule has 1 aromatic heterocycles. The summed E-state index contributed by atoms with van der Waals surface area (Å²) < 4.78 is 32.3. The summed E-state index contributed by atoms with van der Waals surface area (Å²) in [6.45, 7) is 4.03. The molecular formula is C16H14F2N2O2S. The Morgan fingerprint density at radius 1 is 1.39 bits per heavy atom. The molecule has 3 rings (SSSR count). The summed E-state index contributed by atoms with van der Waals surface area (Å²) in [7, 11) is 0. The maximum atomic E-state index is 13.8. The SMILES string of the molecule is Cc1noc(C)c1/C=C1/SCCN1C(=O)c1cc(F)ccc1F. The normalized spacial score (nSPS) is 16.3. The van der Waals surface area contributed by atoms with Crippen molar-refractivity contribution in [2.24, 2.45) is 0 Å². The van der Waals surface area contributed by atoms with Crippen LogP contribution >= 0.6 is 11.8 Å². The molecule has 0 spiro atoms. The van der Waals surface area contributed by atoms with E-state index in [0.717, 1.165) is 23.8 Å². The highest BCUT2D eigenvalue weighted by Gasteiger charge is 2.28. The van der Waals surface area contributed by atoms with E-state index in [4.69, 9.17) is 4.52 Å². The van der Waals surface area contributed by atoms with E-state index in [2.05, 4.69) is 5.16 Å². The molecule has 0 radical (unpaired) electrons. The van der Waals surface area contributed by atoms with Crippen molar-refractivity contribution < 1.29 is 18.1 Å². The summed E-state index contributed by atoms with van der Waals surface area (Å²) in [4.78, 5) is 14.0. The predicted molar refractivity (Wildman–Crippen MR) is 83.8 cm³/mol. The third-order valence-electron chi connectivity index (χ3n) is 3.59. The van der Waals surface area contributed by atoms with Crippen LogP contribution in [0.3, 0.4) is 0 Å². The number of carbonyl (C=O) groups is 1. The van der Waals surface area contributed by atoms with Gasteiger partial charge in [0.1, 0.15) is 17.4 Å². The molecule has 4 nitrogen and oxygen atoms in total. The standard InChI is InChI=1S/C16H14F2N2O2S/c1-9-12(10(2)22-19-9)8-15-20(5-6-23-15)16(21)13-7-11(17)3-4-14(13)18/h3-4,7-8H,5-6H2,1-2H3/b15-8+. The first-order valence-electron chi connectivity index (χ1n) is 7.01. The number of carbonyl (C=O) groups excluding carboxylic acids is 1. The number of benzene rings is 1. The smallest absolute Gasteiger partial charge is 0.261 e. The molecule has 120 valence electrons. The van der Waals surface area contributed by atoms with Gasteiger partial charge in [-0.1, -0.05) is 5.16 Å². The number of amides is 1. The van der Waals surface area contributed by atoms with Gasteiger partial charge < -0.3 is 9.42 Å². The summed E-state index contributed by atoms with van der Waals surface area (Å²) in [5.74, 6) is -0.586. The summed E-state index contributed by atoms with van der Waals surface area (Å²) in [5, 5.41) is 4.54. The lowest BCUT2D eigenvalue weighted by molar-refractivity contribution is 0.0826. The molecule has 0 bridgehead atoms. The topological polar surface area (TPSA) is 46.3 Å². The van der Waals surface area contributed by atoms with Crippen LogP contribution in [-0.2, 0) is 0 Å². The molecule has 7 heteroatoms. The molecule has 2 aromatic rings. The van der Waals surface area contributed by atoms with Crippen LogP contribution in [0.5, 0.6) is 0 Å². The molecule has 0 N–H and O–H groups in total. The number of nitrogens with zero attached hydrogens (tertiary/aromatic N) is 2. The highest BCUT2D eigenvalue weighted by Crippen LogP contribution is 2.32. The quantitative estimate of drug-likeness (QED) is 0.838. The van der Waals surface area contributed by atoms with Gasteiger partial charge in [-0.2, -0.15) is 0 Å². The first kappa shape index (κ1) is 15.7. The van der Waals surface area contributed by atoms with Crippen molar-refractivity contribution in [3.8, 4) is 0 Å². The fourth-order valence-corrected chi connectivity index (χ4v) is 3.39. The van der Waals surface area contributed by atoms with Gasteiger partial charge in [0, 0.05) is 17.9 Å². The van der Waals surface area contributed by atoms with E-state index in [1.807, 2.05) is 0 Å². The molecule has 0 saturated carbocycles. The minimum absolute atomic E-state index is 0.267. The Morgan fingerprint density at radius 3 is 2.87 bits per heavy atom. The summed E-state index contributed by atoms with van der Waals surface area (Å²) in [5.41, 5.74) is 1.25. The van der Waals surface area contributed by atoms with E-state index in [-0.39, 0.29) is 5.56 Å². The van der Waals surface area contributed by atoms with Gasteiger partial charge in [-0.05, 0) is 38.1 Å². The van der Waals surface area contributed by atoms with Crippen LogP contribution in [0.15, 0.2) is 27.8 Å². The average molecular weight is 336 g/mol. The Morgan fingerprint density at radius 2 is 2.17 bits per heavy atom. The van der Waals surface area contributed by atoms with E-state index < -0.39 is 17.5 Å². The fourth-order valence-electron chi connectivity index (χ4n) is 2.38. The van der Waals surface area contributed by atoms with Crippen LogP contribution in [0, 0.1) is 25.5 Å². The second-order valence-corrected chi connectivity index (χ2v) is 6.27. The second-order valence-electron chi connectivity index (χ2n) is 5.15. The van der Waals surface area contributed by atoms with Crippen molar-refractivity contribution >= 4 is 23.7 Å². The predicted octanol–water partition coefficient (Wildman–Crippen LogP) is 3.76. The Hall–Kier alpha value is -2.15. The number of aryl methyl sites for hydroxylation is 2. The van der Waals surface area contributed by atoms with Crippen molar-refractivity contribution in [1.82, 2.24) is 10.1 Å². The Kier molecular flexibility index (Phi) is 4.21. The van der Waals surface area contributed by atoms with E-state index in [0.29, 0.717) is 28.8 Å². The molecule has 0 aliphatic carbocycles. The van der Waals surface area contributed by atoms with Crippen LogP contribution in [-0.4, -0.2) is 28.3 Å². The minimum atomic E-state index is -0.731. The van der Waals surface area contributed by atoms with Gasteiger partial charge in [0.05, 0.1) is 16.3 Å². The third kappa shape index (κ3) is 3.01. The minimum Gasteiger partial charge on any atom is -0.361 e. The molecule has 1 saturated heterocycles. The zero-order chi connectivity index (χ0) is 16.6. The Bertz CT molecular complexity index is 782. The van der Waals surface area contributed by atoms with Gasteiger partial charge in [-0.15, -0.1) is 11.8 Å². The zero-order valence-corrected chi connectivity index (χ0v) is 13.4. The van der Waals surface area contributed by atoms with Crippen LogP contribution in [0.1, 0.15) is 27.4 Å². The molecule has 0 atom stereocenters.